The van der Waals surface area contributed by atoms with Crippen LogP contribution in [0.15, 0.2) is 55.0 Å². The molecule has 0 spiro atoms. The third-order valence-electron chi connectivity index (χ3n) is 8.00. The van der Waals surface area contributed by atoms with Crippen LogP contribution in [0.2, 0.25) is 0 Å². The molecular formula is C27H24F2N6O2S. The van der Waals surface area contributed by atoms with Crippen LogP contribution in [0.4, 0.5) is 14.5 Å². The zero-order valence-electron chi connectivity index (χ0n) is 20.9. The van der Waals surface area contributed by atoms with Crippen molar-refractivity contribution in [2.45, 2.75) is 38.0 Å². The fraction of sp³-hybridized carbons (Fsp3) is 0.296. The summed E-state index contributed by atoms with van der Waals surface area (Å²) in [5.74, 6) is -1.26. The van der Waals surface area contributed by atoms with Gasteiger partial charge in [-0.15, -0.1) is 5.10 Å². The van der Waals surface area contributed by atoms with Crippen LogP contribution >= 0.6 is 0 Å². The maximum Gasteiger partial charge on any atom is 0.229 e. The molecular weight excluding hydrogens is 510 g/mol. The van der Waals surface area contributed by atoms with E-state index in [1.54, 1.807) is 30.6 Å². The van der Waals surface area contributed by atoms with Crippen LogP contribution in [-0.2, 0) is 15.4 Å². The normalized spacial score (nSPS) is 21.3. The van der Waals surface area contributed by atoms with Crippen molar-refractivity contribution in [2.24, 2.45) is 5.41 Å². The first-order valence-corrected chi connectivity index (χ1v) is 14.0. The number of nitrogens with zero attached hydrogens (tertiary/aromatic N) is 5. The lowest BCUT2D eigenvalue weighted by Crippen LogP contribution is -2.38. The molecule has 6 rings (SSSR count). The molecule has 38 heavy (non-hydrogen) atoms. The fourth-order valence-electron chi connectivity index (χ4n) is 6.27. The topological polar surface area (TPSA) is 111 Å². The standard InChI is InChI=1S/C27H24F2N6O2S/c1-26(2)17-9-10-27(26,25-16(17)11-21(33-34-25)24-18(28)5-4-6-19(24)29)23-14-30-13-22(32-23)20-8-7-15(12-31-20)35-38(3,36)37/h4-8,11-14,17,35H,9-10H2,1-3H3/t17-,27-/m0/s1. The second kappa shape index (κ2) is 8.32. The molecule has 0 unspecified atom stereocenters. The Morgan fingerprint density at radius 2 is 1.74 bits per heavy atom. The van der Waals surface area contributed by atoms with Crippen molar-refractivity contribution in [1.29, 1.82) is 0 Å². The maximum atomic E-state index is 14.5. The van der Waals surface area contributed by atoms with Gasteiger partial charge in [0.15, 0.2) is 0 Å². The summed E-state index contributed by atoms with van der Waals surface area (Å²) in [4.78, 5) is 13.8. The summed E-state index contributed by atoms with van der Waals surface area (Å²) in [6.45, 7) is 4.32. The minimum absolute atomic E-state index is 0.103. The third-order valence-corrected chi connectivity index (χ3v) is 8.61. The number of pyridine rings is 1. The Morgan fingerprint density at radius 3 is 2.42 bits per heavy atom. The highest BCUT2D eigenvalue weighted by atomic mass is 32.2. The average Bonchev–Trinajstić information content (AvgIpc) is 3.24. The van der Waals surface area contributed by atoms with Gasteiger partial charge in [-0.05, 0) is 60.1 Å². The zero-order valence-corrected chi connectivity index (χ0v) is 21.7. The van der Waals surface area contributed by atoms with Gasteiger partial charge in [-0.2, -0.15) is 5.10 Å². The number of hydrogen-bond acceptors (Lipinski definition) is 7. The number of benzene rings is 1. The van der Waals surface area contributed by atoms with E-state index in [0.29, 0.717) is 17.1 Å². The number of sulfonamides is 1. The molecule has 1 saturated carbocycles. The molecule has 3 aromatic heterocycles. The molecule has 2 bridgehead atoms. The van der Waals surface area contributed by atoms with Crippen molar-refractivity contribution in [1.82, 2.24) is 25.1 Å². The van der Waals surface area contributed by atoms with Crippen molar-refractivity contribution in [3.05, 3.63) is 83.6 Å². The van der Waals surface area contributed by atoms with Gasteiger partial charge in [0.1, 0.15) is 17.3 Å². The Hall–Kier alpha value is -3.86. The van der Waals surface area contributed by atoms with E-state index < -0.39 is 27.1 Å². The van der Waals surface area contributed by atoms with E-state index in [1.165, 1.54) is 24.4 Å². The Kier molecular flexibility index (Phi) is 5.36. The van der Waals surface area contributed by atoms with Crippen molar-refractivity contribution in [3.63, 3.8) is 0 Å². The van der Waals surface area contributed by atoms with E-state index in [-0.39, 0.29) is 22.6 Å². The van der Waals surface area contributed by atoms with E-state index >= 15 is 0 Å². The second-order valence-corrected chi connectivity index (χ2v) is 12.2. The molecule has 8 nitrogen and oxygen atoms in total. The molecule has 2 atom stereocenters. The van der Waals surface area contributed by atoms with Gasteiger partial charge >= 0.3 is 0 Å². The summed E-state index contributed by atoms with van der Waals surface area (Å²) in [6.07, 6.45) is 7.48. The molecule has 11 heteroatoms. The summed E-state index contributed by atoms with van der Waals surface area (Å²) in [7, 11) is -3.42. The number of nitrogens with one attached hydrogen (secondary N) is 1. The minimum Gasteiger partial charge on any atom is -0.282 e. The van der Waals surface area contributed by atoms with Crippen LogP contribution in [0.5, 0.6) is 0 Å². The van der Waals surface area contributed by atoms with Gasteiger partial charge in [-0.25, -0.2) is 22.2 Å². The van der Waals surface area contributed by atoms with Crippen molar-refractivity contribution in [3.8, 4) is 22.6 Å². The van der Waals surface area contributed by atoms with Gasteiger partial charge in [-0.3, -0.25) is 14.7 Å². The fourth-order valence-corrected chi connectivity index (χ4v) is 6.82. The van der Waals surface area contributed by atoms with Gasteiger partial charge in [0.05, 0.1) is 58.1 Å². The summed E-state index contributed by atoms with van der Waals surface area (Å²) in [5.41, 5.74) is 2.92. The zero-order chi connectivity index (χ0) is 26.9. The highest BCUT2D eigenvalue weighted by Crippen LogP contribution is 2.69. The first-order valence-electron chi connectivity index (χ1n) is 12.1. The summed E-state index contributed by atoms with van der Waals surface area (Å²) in [5, 5.41) is 8.83. The third kappa shape index (κ3) is 3.59. The lowest BCUT2D eigenvalue weighted by Gasteiger charge is -2.37. The number of fused-ring (bicyclic) bond motifs is 5. The predicted molar refractivity (Wildman–Crippen MR) is 138 cm³/mol. The highest BCUT2D eigenvalue weighted by Gasteiger charge is 2.65. The molecule has 0 radical (unpaired) electrons. The molecule has 2 aliphatic rings. The average molecular weight is 535 g/mol. The molecule has 3 heterocycles. The smallest absolute Gasteiger partial charge is 0.229 e. The van der Waals surface area contributed by atoms with Crippen LogP contribution in [0.3, 0.4) is 0 Å². The monoisotopic (exact) mass is 534 g/mol. The Balaban J connectivity index is 1.43. The number of aromatic nitrogens is 5. The lowest BCUT2D eigenvalue weighted by molar-refractivity contribution is 0.242. The van der Waals surface area contributed by atoms with Gasteiger partial charge in [0.25, 0.3) is 0 Å². The summed E-state index contributed by atoms with van der Waals surface area (Å²) in [6, 6.07) is 8.81. The lowest BCUT2D eigenvalue weighted by atomic mass is 9.66. The Labute approximate surface area is 218 Å². The van der Waals surface area contributed by atoms with E-state index in [2.05, 4.69) is 38.7 Å². The molecule has 0 aliphatic heterocycles. The van der Waals surface area contributed by atoms with E-state index in [0.717, 1.165) is 36.0 Å². The molecule has 194 valence electrons. The van der Waals surface area contributed by atoms with Gasteiger partial charge in [0.2, 0.25) is 10.0 Å². The number of rotatable bonds is 5. The first kappa shape index (κ1) is 24.5. The van der Waals surface area contributed by atoms with Crippen LogP contribution in [0, 0.1) is 17.0 Å². The Morgan fingerprint density at radius 1 is 0.974 bits per heavy atom. The summed E-state index contributed by atoms with van der Waals surface area (Å²) >= 11 is 0. The maximum absolute atomic E-state index is 14.5. The van der Waals surface area contributed by atoms with Gasteiger partial charge < -0.3 is 0 Å². The quantitative estimate of drug-likeness (QED) is 0.390. The van der Waals surface area contributed by atoms with E-state index in [9.17, 15) is 17.2 Å². The predicted octanol–water partition coefficient (Wildman–Crippen LogP) is 4.85. The molecule has 2 aliphatic carbocycles. The first-order chi connectivity index (χ1) is 18.0. The van der Waals surface area contributed by atoms with E-state index in [1.807, 2.05) is 0 Å². The molecule has 4 aromatic rings. The van der Waals surface area contributed by atoms with Crippen molar-refractivity contribution < 1.29 is 17.2 Å². The van der Waals surface area contributed by atoms with Crippen molar-refractivity contribution >= 4 is 15.7 Å². The SMILES string of the molecule is CC1(C)[C@H]2CC[C@]1(c1cncc(-c3ccc(NS(C)(=O)=O)cn3)n1)c1nnc(-c3c(F)cccc3F)cc12. The van der Waals surface area contributed by atoms with Crippen LogP contribution in [0.25, 0.3) is 22.6 Å². The van der Waals surface area contributed by atoms with Crippen LogP contribution < -0.4 is 4.72 Å². The molecule has 1 N–H and O–H groups in total. The molecule has 1 fully saturated rings. The van der Waals surface area contributed by atoms with Crippen molar-refractivity contribution in [2.75, 3.05) is 11.0 Å². The molecule has 1 aromatic carbocycles. The molecule has 0 saturated heterocycles. The van der Waals surface area contributed by atoms with Gasteiger partial charge in [0, 0.05) is 6.20 Å². The number of hydrogen-bond donors (Lipinski definition) is 1. The number of anilines is 1. The van der Waals surface area contributed by atoms with Crippen LogP contribution in [0.1, 0.15) is 49.6 Å². The van der Waals surface area contributed by atoms with Gasteiger partial charge in [-0.1, -0.05) is 19.9 Å². The highest BCUT2D eigenvalue weighted by molar-refractivity contribution is 7.92. The second-order valence-electron chi connectivity index (χ2n) is 10.4. The minimum atomic E-state index is -3.42. The largest absolute Gasteiger partial charge is 0.282 e. The van der Waals surface area contributed by atoms with E-state index in [4.69, 9.17) is 4.98 Å². The van der Waals surface area contributed by atoms with Crippen LogP contribution in [-0.4, -0.2) is 39.8 Å². The molecule has 0 amide bonds. The number of halogens is 2. The Bertz CT molecular complexity index is 1670. The summed E-state index contributed by atoms with van der Waals surface area (Å²) < 4.78 is 54.4.